The summed E-state index contributed by atoms with van der Waals surface area (Å²) in [5, 5.41) is 11.9. The molecule has 1 N–H and O–H groups in total. The van der Waals surface area contributed by atoms with Crippen molar-refractivity contribution in [3.63, 3.8) is 0 Å². The Labute approximate surface area is 193 Å². The van der Waals surface area contributed by atoms with Crippen LogP contribution in [0.4, 0.5) is 5.13 Å². The van der Waals surface area contributed by atoms with Crippen molar-refractivity contribution in [1.29, 1.82) is 0 Å². The zero-order valence-corrected chi connectivity index (χ0v) is 18.5. The monoisotopic (exact) mass is 460 g/mol. The Morgan fingerprint density at radius 2 is 1.81 bits per heavy atom. The number of hydrogen-bond acceptors (Lipinski definition) is 5. The van der Waals surface area contributed by atoms with Gasteiger partial charge in [-0.2, -0.15) is 0 Å². The van der Waals surface area contributed by atoms with Crippen molar-refractivity contribution in [3.05, 3.63) is 100 Å². The number of aliphatic hydroxyl groups is 1. The van der Waals surface area contributed by atoms with Gasteiger partial charge in [0.15, 0.2) is 5.13 Å². The lowest BCUT2D eigenvalue weighted by Gasteiger charge is -2.23. The first-order valence-corrected chi connectivity index (χ1v) is 11.1. The van der Waals surface area contributed by atoms with Gasteiger partial charge < -0.3 is 5.11 Å². The standard InChI is InChI=1S/C25H17ClN2O3S/c1-14-10-11-18-19(12-14)32-25(27-18)28-21(16-8-5-9-17(26)13-16)20(23(30)24(28)31)22(29)15-6-3-2-4-7-15/h2-13,21,29H,1H3/t21-/m1/s1. The van der Waals surface area contributed by atoms with E-state index in [1.54, 1.807) is 48.5 Å². The highest BCUT2D eigenvalue weighted by atomic mass is 35.5. The van der Waals surface area contributed by atoms with E-state index < -0.39 is 17.7 Å². The highest BCUT2D eigenvalue weighted by Crippen LogP contribution is 2.44. The van der Waals surface area contributed by atoms with Crippen LogP contribution in [0.2, 0.25) is 5.02 Å². The number of aryl methyl sites for hydroxylation is 1. The average Bonchev–Trinajstić information content (AvgIpc) is 3.32. The Morgan fingerprint density at radius 3 is 2.56 bits per heavy atom. The summed E-state index contributed by atoms with van der Waals surface area (Å²) in [7, 11) is 0. The molecule has 3 aromatic carbocycles. The Kier molecular flexibility index (Phi) is 5.04. The first kappa shape index (κ1) is 20.4. The smallest absolute Gasteiger partial charge is 0.301 e. The third-order valence-electron chi connectivity index (χ3n) is 5.39. The number of nitrogens with zero attached hydrogens (tertiary/aromatic N) is 2. The number of fused-ring (bicyclic) bond motifs is 1. The number of hydrogen-bond donors (Lipinski definition) is 1. The van der Waals surface area contributed by atoms with E-state index in [1.165, 1.54) is 16.2 Å². The van der Waals surface area contributed by atoms with E-state index >= 15 is 0 Å². The molecule has 1 saturated heterocycles. The summed E-state index contributed by atoms with van der Waals surface area (Å²) in [6, 6.07) is 20.6. The summed E-state index contributed by atoms with van der Waals surface area (Å²) in [5.41, 5.74) is 2.90. The number of halogens is 1. The minimum Gasteiger partial charge on any atom is -0.507 e. The third-order valence-corrected chi connectivity index (χ3v) is 6.65. The number of aliphatic hydroxyl groups excluding tert-OH is 1. The van der Waals surface area contributed by atoms with Gasteiger partial charge in [0.2, 0.25) is 0 Å². The third kappa shape index (κ3) is 3.38. The van der Waals surface area contributed by atoms with Crippen molar-refractivity contribution < 1.29 is 14.7 Å². The minimum absolute atomic E-state index is 0.0129. The van der Waals surface area contributed by atoms with E-state index in [0.29, 0.717) is 21.3 Å². The van der Waals surface area contributed by atoms with Gasteiger partial charge in [0.25, 0.3) is 5.78 Å². The molecule has 0 radical (unpaired) electrons. The molecule has 1 aliphatic rings. The fourth-order valence-electron chi connectivity index (χ4n) is 3.90. The van der Waals surface area contributed by atoms with Crippen LogP contribution in [0.5, 0.6) is 0 Å². The molecule has 0 saturated carbocycles. The van der Waals surface area contributed by atoms with E-state index in [-0.39, 0.29) is 11.3 Å². The van der Waals surface area contributed by atoms with Gasteiger partial charge in [0.05, 0.1) is 21.8 Å². The van der Waals surface area contributed by atoms with Gasteiger partial charge in [-0.05, 0) is 42.3 Å². The van der Waals surface area contributed by atoms with Gasteiger partial charge in [0, 0.05) is 10.6 Å². The largest absolute Gasteiger partial charge is 0.507 e. The lowest BCUT2D eigenvalue weighted by Crippen LogP contribution is -2.29. The Morgan fingerprint density at radius 1 is 1.03 bits per heavy atom. The molecule has 1 amide bonds. The number of Topliss-reactive ketones (excluding diaryl/α,β-unsaturated/α-hetero) is 1. The number of carbonyl (C=O) groups is 2. The molecule has 158 valence electrons. The molecule has 1 fully saturated rings. The second-order valence-corrected chi connectivity index (χ2v) is 9.00. The quantitative estimate of drug-likeness (QED) is 0.235. The number of anilines is 1. The van der Waals surface area contributed by atoms with E-state index in [4.69, 9.17) is 11.6 Å². The molecule has 0 aliphatic carbocycles. The van der Waals surface area contributed by atoms with Gasteiger partial charge in [0.1, 0.15) is 5.76 Å². The van der Waals surface area contributed by atoms with Crippen LogP contribution >= 0.6 is 22.9 Å². The Balaban J connectivity index is 1.75. The second-order valence-electron chi connectivity index (χ2n) is 7.56. The summed E-state index contributed by atoms with van der Waals surface area (Å²) in [5.74, 6) is -1.72. The van der Waals surface area contributed by atoms with Crippen LogP contribution in [0.15, 0.2) is 78.4 Å². The summed E-state index contributed by atoms with van der Waals surface area (Å²) in [4.78, 5) is 32.4. The van der Waals surface area contributed by atoms with Crippen LogP contribution < -0.4 is 4.90 Å². The molecular weight excluding hydrogens is 444 g/mol. The predicted octanol–water partition coefficient (Wildman–Crippen LogP) is 5.88. The molecular formula is C25H17ClN2O3S. The molecule has 0 unspecified atom stereocenters. The fourth-order valence-corrected chi connectivity index (χ4v) is 5.19. The number of benzene rings is 3. The van der Waals surface area contributed by atoms with Crippen molar-refractivity contribution in [2.24, 2.45) is 0 Å². The summed E-state index contributed by atoms with van der Waals surface area (Å²) >= 11 is 7.57. The zero-order chi connectivity index (χ0) is 22.4. The van der Waals surface area contributed by atoms with Crippen molar-refractivity contribution in [2.45, 2.75) is 13.0 Å². The molecule has 5 nitrogen and oxygen atoms in total. The molecule has 5 rings (SSSR count). The molecule has 1 aromatic heterocycles. The van der Waals surface area contributed by atoms with Crippen molar-refractivity contribution in [1.82, 2.24) is 4.98 Å². The highest BCUT2D eigenvalue weighted by molar-refractivity contribution is 7.22. The average molecular weight is 461 g/mol. The second kappa shape index (κ2) is 7.89. The SMILES string of the molecule is Cc1ccc2nc(N3C(=O)C(=O)C(=C(O)c4ccccc4)[C@H]3c3cccc(Cl)c3)sc2c1. The van der Waals surface area contributed by atoms with Crippen LogP contribution in [-0.4, -0.2) is 21.8 Å². The van der Waals surface area contributed by atoms with Gasteiger partial charge >= 0.3 is 5.91 Å². The molecule has 0 bridgehead atoms. The Hall–Kier alpha value is -3.48. The zero-order valence-electron chi connectivity index (χ0n) is 16.9. The molecule has 0 spiro atoms. The Bertz CT molecular complexity index is 1410. The molecule has 1 aliphatic heterocycles. The molecule has 32 heavy (non-hydrogen) atoms. The first-order chi connectivity index (χ1) is 15.4. The number of rotatable bonds is 3. The number of thiazole rings is 1. The molecule has 7 heteroatoms. The number of ketones is 1. The minimum atomic E-state index is -0.851. The van der Waals surface area contributed by atoms with Crippen molar-refractivity contribution >= 4 is 55.7 Å². The summed E-state index contributed by atoms with van der Waals surface area (Å²) in [6.45, 7) is 1.98. The first-order valence-electron chi connectivity index (χ1n) is 9.93. The number of amides is 1. The van der Waals surface area contributed by atoms with Gasteiger partial charge in [-0.25, -0.2) is 4.98 Å². The molecule has 1 atom stereocenters. The number of carbonyl (C=O) groups excluding carboxylic acids is 2. The summed E-state index contributed by atoms with van der Waals surface area (Å²) in [6.07, 6.45) is 0. The number of aromatic nitrogens is 1. The summed E-state index contributed by atoms with van der Waals surface area (Å²) < 4.78 is 0.912. The van der Waals surface area contributed by atoms with E-state index in [9.17, 15) is 14.7 Å². The molecule has 2 heterocycles. The fraction of sp³-hybridized carbons (Fsp3) is 0.0800. The van der Waals surface area contributed by atoms with Crippen molar-refractivity contribution in [3.8, 4) is 0 Å². The lowest BCUT2D eigenvalue weighted by molar-refractivity contribution is -0.132. The van der Waals surface area contributed by atoms with Crippen molar-refractivity contribution in [2.75, 3.05) is 4.90 Å². The molecule has 4 aromatic rings. The topological polar surface area (TPSA) is 70.5 Å². The van der Waals surface area contributed by atoms with Crippen LogP contribution in [0, 0.1) is 6.92 Å². The lowest BCUT2D eigenvalue weighted by atomic mass is 9.95. The van der Waals surface area contributed by atoms with Crippen LogP contribution in [0.1, 0.15) is 22.7 Å². The van der Waals surface area contributed by atoms with Crippen LogP contribution in [-0.2, 0) is 9.59 Å². The van der Waals surface area contributed by atoms with Gasteiger partial charge in [-0.1, -0.05) is 71.5 Å². The van der Waals surface area contributed by atoms with E-state index in [1.807, 2.05) is 31.2 Å². The van der Waals surface area contributed by atoms with Gasteiger partial charge in [-0.3, -0.25) is 14.5 Å². The maximum Gasteiger partial charge on any atom is 0.301 e. The van der Waals surface area contributed by atoms with Crippen LogP contribution in [0.25, 0.3) is 16.0 Å². The van der Waals surface area contributed by atoms with Crippen LogP contribution in [0.3, 0.4) is 0 Å². The normalized spacial score (nSPS) is 17.9. The highest BCUT2D eigenvalue weighted by Gasteiger charge is 2.48. The van der Waals surface area contributed by atoms with E-state index in [0.717, 1.165) is 15.8 Å². The predicted molar refractivity (Wildman–Crippen MR) is 127 cm³/mol. The van der Waals surface area contributed by atoms with E-state index in [2.05, 4.69) is 4.98 Å². The maximum atomic E-state index is 13.2. The van der Waals surface area contributed by atoms with Gasteiger partial charge in [-0.15, -0.1) is 0 Å². The maximum absolute atomic E-state index is 13.2.